The summed E-state index contributed by atoms with van der Waals surface area (Å²) in [4.78, 5) is 16.3. The number of fused-ring (bicyclic) bond motifs is 1. The predicted molar refractivity (Wildman–Crippen MR) is 106 cm³/mol. The van der Waals surface area contributed by atoms with Crippen molar-refractivity contribution >= 4 is 11.8 Å². The highest BCUT2D eigenvalue weighted by Gasteiger charge is 2.21. The molecule has 0 saturated heterocycles. The fourth-order valence-electron chi connectivity index (χ4n) is 3.35. The molecule has 1 aliphatic heterocycles. The number of urea groups is 1. The molecule has 1 atom stereocenters. The molecule has 144 valence electrons. The third kappa shape index (κ3) is 4.49. The van der Waals surface area contributed by atoms with Crippen molar-refractivity contribution in [2.24, 2.45) is 0 Å². The Morgan fingerprint density at radius 3 is 2.93 bits per heavy atom. The summed E-state index contributed by atoms with van der Waals surface area (Å²) in [6.45, 7) is 1.98. The molecule has 0 bridgehead atoms. The molecule has 1 aliphatic rings. The smallest absolute Gasteiger partial charge is 0.320 e. The number of anilines is 1. The number of benzene rings is 1. The summed E-state index contributed by atoms with van der Waals surface area (Å²) < 4.78 is 7.49. The maximum absolute atomic E-state index is 12.2. The Kier molecular flexibility index (Phi) is 5.51. The van der Waals surface area contributed by atoms with Gasteiger partial charge in [-0.2, -0.15) is 5.10 Å². The van der Waals surface area contributed by atoms with Crippen molar-refractivity contribution in [1.82, 2.24) is 20.1 Å². The van der Waals surface area contributed by atoms with E-state index in [4.69, 9.17) is 4.74 Å². The molecule has 7 nitrogen and oxygen atoms in total. The first-order chi connectivity index (χ1) is 13.8. The molecule has 0 fully saturated rings. The number of aromatic nitrogens is 3. The largest absolute Gasteiger partial charge is 0.493 e. The SMILES string of the molecule is O=C(NCC1CCOc2ccccc21)Nc1ccn(CCc2ccncc2)n1. The van der Waals surface area contributed by atoms with Crippen molar-refractivity contribution in [1.29, 1.82) is 0 Å². The molecule has 1 aromatic carbocycles. The number of ether oxygens (including phenoxy) is 1. The number of para-hydroxylation sites is 1. The highest BCUT2D eigenvalue weighted by Crippen LogP contribution is 2.32. The van der Waals surface area contributed by atoms with Gasteiger partial charge in [0.25, 0.3) is 0 Å². The van der Waals surface area contributed by atoms with Crippen LogP contribution in [-0.2, 0) is 13.0 Å². The molecular weight excluding hydrogens is 354 g/mol. The van der Waals surface area contributed by atoms with Crippen LogP contribution in [0.4, 0.5) is 10.6 Å². The zero-order valence-electron chi connectivity index (χ0n) is 15.5. The normalized spacial score (nSPS) is 15.4. The van der Waals surface area contributed by atoms with E-state index in [1.807, 2.05) is 41.2 Å². The zero-order valence-corrected chi connectivity index (χ0v) is 15.5. The number of pyridine rings is 1. The first kappa shape index (κ1) is 18.0. The molecule has 0 saturated carbocycles. The lowest BCUT2D eigenvalue weighted by Gasteiger charge is -2.25. The van der Waals surface area contributed by atoms with Crippen LogP contribution in [0, 0.1) is 0 Å². The monoisotopic (exact) mass is 377 g/mol. The second-order valence-electron chi connectivity index (χ2n) is 6.78. The fourth-order valence-corrected chi connectivity index (χ4v) is 3.35. The number of aryl methyl sites for hydroxylation is 2. The van der Waals surface area contributed by atoms with Crippen LogP contribution < -0.4 is 15.4 Å². The van der Waals surface area contributed by atoms with Crippen LogP contribution in [0.3, 0.4) is 0 Å². The van der Waals surface area contributed by atoms with Crippen molar-refractivity contribution in [3.05, 3.63) is 72.2 Å². The van der Waals surface area contributed by atoms with E-state index in [1.54, 1.807) is 18.5 Å². The maximum atomic E-state index is 12.2. The Morgan fingerprint density at radius 1 is 1.18 bits per heavy atom. The molecule has 1 unspecified atom stereocenters. The third-order valence-electron chi connectivity index (χ3n) is 4.85. The lowest BCUT2D eigenvalue weighted by molar-refractivity contribution is 0.245. The van der Waals surface area contributed by atoms with Crippen molar-refractivity contribution < 1.29 is 9.53 Å². The first-order valence-corrected chi connectivity index (χ1v) is 9.47. The topological polar surface area (TPSA) is 81.1 Å². The summed E-state index contributed by atoms with van der Waals surface area (Å²) in [5, 5.41) is 10.2. The zero-order chi connectivity index (χ0) is 19.2. The van der Waals surface area contributed by atoms with Crippen LogP contribution in [0.1, 0.15) is 23.5 Å². The fraction of sp³-hybridized carbons (Fsp3) is 0.286. The lowest BCUT2D eigenvalue weighted by Crippen LogP contribution is -2.34. The summed E-state index contributed by atoms with van der Waals surface area (Å²) in [5.41, 5.74) is 2.35. The van der Waals surface area contributed by atoms with Crippen LogP contribution in [-0.4, -0.2) is 33.9 Å². The van der Waals surface area contributed by atoms with Gasteiger partial charge in [-0.1, -0.05) is 18.2 Å². The highest BCUT2D eigenvalue weighted by atomic mass is 16.5. The van der Waals surface area contributed by atoms with Crippen LogP contribution >= 0.6 is 0 Å². The number of rotatable bonds is 6. The van der Waals surface area contributed by atoms with Gasteiger partial charge < -0.3 is 10.1 Å². The molecule has 7 heteroatoms. The predicted octanol–water partition coefficient (Wildman–Crippen LogP) is 3.21. The van der Waals surface area contributed by atoms with Gasteiger partial charge >= 0.3 is 6.03 Å². The van der Waals surface area contributed by atoms with Gasteiger partial charge in [-0.3, -0.25) is 15.0 Å². The van der Waals surface area contributed by atoms with Crippen LogP contribution in [0.5, 0.6) is 5.75 Å². The Balaban J connectivity index is 1.26. The quantitative estimate of drug-likeness (QED) is 0.691. The number of nitrogens with zero attached hydrogens (tertiary/aromatic N) is 3. The molecule has 2 aromatic heterocycles. The number of carbonyl (C=O) groups is 1. The minimum Gasteiger partial charge on any atom is -0.493 e. The summed E-state index contributed by atoms with van der Waals surface area (Å²) in [5.74, 6) is 1.71. The molecule has 2 N–H and O–H groups in total. The van der Waals surface area contributed by atoms with Gasteiger partial charge in [-0.05, 0) is 42.2 Å². The van der Waals surface area contributed by atoms with Gasteiger partial charge in [-0.15, -0.1) is 0 Å². The molecule has 0 aliphatic carbocycles. The van der Waals surface area contributed by atoms with E-state index in [0.29, 0.717) is 19.0 Å². The van der Waals surface area contributed by atoms with Crippen molar-refractivity contribution in [3.63, 3.8) is 0 Å². The van der Waals surface area contributed by atoms with E-state index in [1.165, 1.54) is 5.56 Å². The second kappa shape index (κ2) is 8.56. The number of amides is 2. The summed E-state index contributed by atoms with van der Waals surface area (Å²) in [6.07, 6.45) is 7.19. The minimum absolute atomic E-state index is 0.247. The molecule has 3 aromatic rings. The first-order valence-electron chi connectivity index (χ1n) is 9.47. The molecule has 0 spiro atoms. The highest BCUT2D eigenvalue weighted by molar-refractivity contribution is 5.88. The lowest BCUT2D eigenvalue weighted by atomic mass is 9.93. The van der Waals surface area contributed by atoms with Gasteiger partial charge in [0.2, 0.25) is 0 Å². The number of nitrogens with one attached hydrogen (secondary N) is 2. The summed E-state index contributed by atoms with van der Waals surface area (Å²) in [6, 6.07) is 13.5. The number of hydrogen-bond donors (Lipinski definition) is 2. The Hall–Kier alpha value is -3.35. The van der Waals surface area contributed by atoms with E-state index in [2.05, 4.69) is 26.8 Å². The summed E-state index contributed by atoms with van der Waals surface area (Å²) >= 11 is 0. The van der Waals surface area contributed by atoms with Gasteiger partial charge in [0.15, 0.2) is 5.82 Å². The minimum atomic E-state index is -0.247. The number of carbonyl (C=O) groups excluding carboxylic acids is 1. The van der Waals surface area contributed by atoms with E-state index in [-0.39, 0.29) is 11.9 Å². The van der Waals surface area contributed by atoms with E-state index in [9.17, 15) is 4.79 Å². The Bertz CT molecular complexity index is 925. The van der Waals surface area contributed by atoms with Crippen molar-refractivity contribution in [3.8, 4) is 5.75 Å². The van der Waals surface area contributed by atoms with E-state index < -0.39 is 0 Å². The van der Waals surface area contributed by atoms with Gasteiger partial charge in [0.05, 0.1) is 6.61 Å². The number of hydrogen-bond acceptors (Lipinski definition) is 4. The van der Waals surface area contributed by atoms with Crippen molar-refractivity contribution in [2.75, 3.05) is 18.5 Å². The molecular formula is C21H23N5O2. The molecule has 2 amide bonds. The molecule has 28 heavy (non-hydrogen) atoms. The maximum Gasteiger partial charge on any atom is 0.320 e. The van der Waals surface area contributed by atoms with E-state index in [0.717, 1.165) is 30.7 Å². The molecule has 3 heterocycles. The van der Waals surface area contributed by atoms with E-state index >= 15 is 0 Å². The second-order valence-corrected chi connectivity index (χ2v) is 6.78. The van der Waals surface area contributed by atoms with Crippen LogP contribution in [0.25, 0.3) is 0 Å². The average Bonchev–Trinajstić information content (AvgIpc) is 3.18. The Morgan fingerprint density at radius 2 is 2.04 bits per heavy atom. The molecule has 4 rings (SSSR count). The van der Waals surface area contributed by atoms with Crippen molar-refractivity contribution in [2.45, 2.75) is 25.3 Å². The standard InChI is InChI=1S/C21H23N5O2/c27-21(23-15-17-9-14-28-19-4-2-1-3-18(17)19)24-20-8-13-26(25-20)12-7-16-5-10-22-11-6-16/h1-6,8,10-11,13,17H,7,9,12,14-15H2,(H2,23,24,25,27). The average molecular weight is 377 g/mol. The Labute approximate surface area is 163 Å². The summed E-state index contributed by atoms with van der Waals surface area (Å²) in [7, 11) is 0. The van der Waals surface area contributed by atoms with Gasteiger partial charge in [0, 0.05) is 43.7 Å². The third-order valence-corrected chi connectivity index (χ3v) is 4.85. The molecule has 0 radical (unpaired) electrons. The van der Waals surface area contributed by atoms with Gasteiger partial charge in [-0.25, -0.2) is 4.79 Å². The van der Waals surface area contributed by atoms with Crippen LogP contribution in [0.15, 0.2) is 61.1 Å². The van der Waals surface area contributed by atoms with Crippen LogP contribution in [0.2, 0.25) is 0 Å². The van der Waals surface area contributed by atoms with Gasteiger partial charge in [0.1, 0.15) is 5.75 Å².